The van der Waals surface area contributed by atoms with Gasteiger partial charge >= 0.3 is 5.00 Å². The zero-order valence-corrected chi connectivity index (χ0v) is 22.2. The molecule has 2 aromatic carbocycles. The molecule has 4 aromatic rings. The van der Waals surface area contributed by atoms with Gasteiger partial charge in [-0.15, -0.1) is 10.2 Å². The summed E-state index contributed by atoms with van der Waals surface area (Å²) in [5.74, 6) is -0.0444. The summed E-state index contributed by atoms with van der Waals surface area (Å²) >= 11 is 1.89. The highest BCUT2D eigenvalue weighted by Gasteiger charge is 2.28. The van der Waals surface area contributed by atoms with Gasteiger partial charge in [-0.25, -0.2) is 13.4 Å². The van der Waals surface area contributed by atoms with Crippen LogP contribution in [0.4, 0.5) is 10.1 Å². The van der Waals surface area contributed by atoms with Gasteiger partial charge in [-0.05, 0) is 48.4 Å². The number of nitrogens with zero attached hydrogens (tertiary/aromatic N) is 6. The molecule has 1 amide bonds. The molecule has 196 valence electrons. The summed E-state index contributed by atoms with van der Waals surface area (Å²) < 4.78 is 29.5. The maximum atomic E-state index is 13.1. The van der Waals surface area contributed by atoms with Crippen molar-refractivity contribution in [1.82, 2.24) is 24.1 Å². The Labute approximate surface area is 225 Å². The number of benzene rings is 2. The van der Waals surface area contributed by atoms with E-state index in [9.17, 15) is 23.3 Å². The minimum atomic E-state index is -3.62. The summed E-state index contributed by atoms with van der Waals surface area (Å²) in [6, 6.07) is 15.9. The molecule has 2 aromatic heterocycles. The van der Waals surface area contributed by atoms with Gasteiger partial charge in [-0.3, -0.25) is 19.5 Å². The monoisotopic (exact) mass is 571 g/mol. The van der Waals surface area contributed by atoms with Crippen molar-refractivity contribution in [3.8, 4) is 17.1 Å². The summed E-state index contributed by atoms with van der Waals surface area (Å²) in [6.07, 6.45) is 2.77. The predicted molar refractivity (Wildman–Crippen MR) is 143 cm³/mol. The van der Waals surface area contributed by atoms with Crippen LogP contribution in [0, 0.1) is 10.1 Å². The summed E-state index contributed by atoms with van der Waals surface area (Å²) in [5.41, 5.74) is 1.30. The molecule has 0 saturated carbocycles. The van der Waals surface area contributed by atoms with Crippen molar-refractivity contribution in [2.45, 2.75) is 22.9 Å². The van der Waals surface area contributed by atoms with Crippen molar-refractivity contribution >= 4 is 49.2 Å². The minimum absolute atomic E-state index is 0.0538. The van der Waals surface area contributed by atoms with Crippen LogP contribution in [0.1, 0.15) is 12.8 Å². The number of nitrogens with one attached hydrogen (secondary N) is 1. The molecule has 0 aliphatic carbocycles. The average Bonchev–Trinajstić information content (AvgIpc) is 3.69. The zero-order valence-electron chi connectivity index (χ0n) is 19.8. The van der Waals surface area contributed by atoms with Gasteiger partial charge in [0.15, 0.2) is 16.1 Å². The van der Waals surface area contributed by atoms with E-state index < -0.39 is 20.9 Å². The molecular formula is C23H21N7O5S3. The lowest BCUT2D eigenvalue weighted by molar-refractivity contribution is -0.380. The topological polar surface area (TPSA) is 153 Å². The Kier molecular flexibility index (Phi) is 7.51. The number of thiazole rings is 1. The fourth-order valence-corrected chi connectivity index (χ4v) is 6.89. The number of thioether (sulfide) groups is 1. The van der Waals surface area contributed by atoms with Gasteiger partial charge in [0, 0.05) is 24.3 Å². The van der Waals surface area contributed by atoms with Gasteiger partial charge in [0.05, 0.1) is 15.6 Å². The van der Waals surface area contributed by atoms with Crippen LogP contribution in [-0.4, -0.2) is 62.1 Å². The quantitative estimate of drug-likeness (QED) is 0.179. The van der Waals surface area contributed by atoms with Gasteiger partial charge in [0.1, 0.15) is 6.20 Å². The molecule has 0 spiro atoms. The normalized spacial score (nSPS) is 14.0. The van der Waals surface area contributed by atoms with Crippen LogP contribution in [0.3, 0.4) is 0 Å². The van der Waals surface area contributed by atoms with Crippen LogP contribution in [-0.2, 0) is 14.8 Å². The SMILES string of the molecule is O=C(CSc1nnc(-c2cccc(S(=O)(=O)N3CCCC3)c2)n1-c1ccccc1)Nc1ncc([N+](=O)[O-])s1. The van der Waals surface area contributed by atoms with Crippen molar-refractivity contribution in [3.63, 3.8) is 0 Å². The molecule has 1 aliphatic heterocycles. The third kappa shape index (κ3) is 5.45. The van der Waals surface area contributed by atoms with E-state index in [0.29, 0.717) is 29.6 Å². The van der Waals surface area contributed by atoms with Crippen LogP contribution < -0.4 is 5.32 Å². The molecule has 1 fully saturated rings. The molecule has 0 radical (unpaired) electrons. The maximum absolute atomic E-state index is 13.1. The molecular weight excluding hydrogens is 550 g/mol. The first kappa shape index (κ1) is 26.0. The molecule has 1 aliphatic rings. The van der Waals surface area contributed by atoms with E-state index in [4.69, 9.17) is 0 Å². The van der Waals surface area contributed by atoms with Crippen molar-refractivity contribution in [2.24, 2.45) is 0 Å². The van der Waals surface area contributed by atoms with E-state index in [-0.39, 0.29) is 20.8 Å². The summed E-state index contributed by atoms with van der Waals surface area (Å²) in [4.78, 5) is 26.8. The first-order valence-electron chi connectivity index (χ1n) is 11.5. The Morgan fingerprint density at radius 3 is 2.58 bits per heavy atom. The molecule has 0 bridgehead atoms. The third-order valence-electron chi connectivity index (χ3n) is 5.69. The number of hydrogen-bond acceptors (Lipinski definition) is 10. The van der Waals surface area contributed by atoms with Crippen LogP contribution >= 0.6 is 23.1 Å². The second kappa shape index (κ2) is 11.0. The van der Waals surface area contributed by atoms with E-state index in [0.717, 1.165) is 47.8 Å². The fourth-order valence-electron chi connectivity index (χ4n) is 3.93. The fraction of sp³-hybridized carbons (Fsp3) is 0.217. The Hall–Kier alpha value is -3.66. The van der Waals surface area contributed by atoms with Gasteiger partial charge in [0.25, 0.3) is 0 Å². The van der Waals surface area contributed by atoms with Crippen LogP contribution in [0.25, 0.3) is 17.1 Å². The van der Waals surface area contributed by atoms with Crippen molar-refractivity contribution in [2.75, 3.05) is 24.2 Å². The molecule has 3 heterocycles. The van der Waals surface area contributed by atoms with E-state index in [1.807, 2.05) is 30.3 Å². The highest BCUT2D eigenvalue weighted by Crippen LogP contribution is 2.31. The van der Waals surface area contributed by atoms with E-state index in [2.05, 4.69) is 20.5 Å². The summed E-state index contributed by atoms with van der Waals surface area (Å²) in [5, 5.41) is 22.4. The first-order valence-corrected chi connectivity index (χ1v) is 14.7. The summed E-state index contributed by atoms with van der Waals surface area (Å²) in [7, 11) is -3.62. The largest absolute Gasteiger partial charge is 0.345 e. The highest BCUT2D eigenvalue weighted by molar-refractivity contribution is 7.99. The Balaban J connectivity index is 1.42. The number of hydrogen-bond donors (Lipinski definition) is 1. The lowest BCUT2D eigenvalue weighted by Gasteiger charge is -2.16. The van der Waals surface area contributed by atoms with Crippen LogP contribution in [0.15, 0.2) is 70.8 Å². The molecule has 1 saturated heterocycles. The van der Waals surface area contributed by atoms with Gasteiger partial charge in [-0.1, -0.05) is 42.1 Å². The molecule has 0 unspecified atom stereocenters. The number of carbonyl (C=O) groups excluding carboxylic acids is 1. The van der Waals surface area contributed by atoms with Gasteiger partial charge in [-0.2, -0.15) is 4.31 Å². The van der Waals surface area contributed by atoms with Crippen molar-refractivity contribution in [3.05, 3.63) is 70.9 Å². The van der Waals surface area contributed by atoms with Crippen molar-refractivity contribution < 1.29 is 18.1 Å². The number of sulfonamides is 1. The molecule has 0 atom stereocenters. The number of aromatic nitrogens is 4. The number of amides is 1. The molecule has 5 rings (SSSR count). The molecule has 38 heavy (non-hydrogen) atoms. The Morgan fingerprint density at radius 1 is 1.11 bits per heavy atom. The van der Waals surface area contributed by atoms with Crippen LogP contribution in [0.5, 0.6) is 0 Å². The van der Waals surface area contributed by atoms with Gasteiger partial charge in [0.2, 0.25) is 15.9 Å². The maximum Gasteiger partial charge on any atom is 0.345 e. The van der Waals surface area contributed by atoms with Crippen LogP contribution in [0.2, 0.25) is 0 Å². The first-order chi connectivity index (χ1) is 18.3. The second-order valence-corrected chi connectivity index (χ2v) is 12.1. The zero-order chi connectivity index (χ0) is 26.7. The minimum Gasteiger partial charge on any atom is -0.301 e. The lowest BCUT2D eigenvalue weighted by Crippen LogP contribution is -2.27. The van der Waals surface area contributed by atoms with E-state index in [1.54, 1.807) is 28.8 Å². The molecule has 12 nitrogen and oxygen atoms in total. The predicted octanol–water partition coefficient (Wildman–Crippen LogP) is 3.81. The standard InChI is InChI=1S/C23H21N7O5S3/c31-19(25-22-24-14-20(37-22)30(32)33)15-36-23-27-26-21(29(23)17-8-2-1-3-9-17)16-7-6-10-18(13-16)38(34,35)28-11-4-5-12-28/h1-3,6-10,13-14H,4-5,11-12,15H2,(H,24,25,31). The molecule has 1 N–H and O–H groups in total. The number of carbonyl (C=O) groups is 1. The summed E-state index contributed by atoms with van der Waals surface area (Å²) in [6.45, 7) is 1.01. The lowest BCUT2D eigenvalue weighted by atomic mass is 10.2. The smallest absolute Gasteiger partial charge is 0.301 e. The van der Waals surface area contributed by atoms with Crippen molar-refractivity contribution in [1.29, 1.82) is 0 Å². The Bertz CT molecular complexity index is 1580. The number of rotatable bonds is 9. The average molecular weight is 572 g/mol. The third-order valence-corrected chi connectivity index (χ3v) is 9.38. The second-order valence-electron chi connectivity index (χ2n) is 8.21. The van der Waals surface area contributed by atoms with Gasteiger partial charge < -0.3 is 5.32 Å². The van der Waals surface area contributed by atoms with E-state index in [1.165, 1.54) is 4.31 Å². The number of nitro groups is 1. The number of anilines is 1. The molecule has 15 heteroatoms. The van der Waals surface area contributed by atoms with E-state index >= 15 is 0 Å². The highest BCUT2D eigenvalue weighted by atomic mass is 32.2. The Morgan fingerprint density at radius 2 is 1.87 bits per heavy atom. The number of para-hydroxylation sites is 1.